The van der Waals surface area contributed by atoms with Crippen molar-refractivity contribution in [2.24, 2.45) is 0 Å². The fourth-order valence-corrected chi connectivity index (χ4v) is 3.21. The van der Waals surface area contributed by atoms with E-state index < -0.39 is 0 Å². The lowest BCUT2D eigenvalue weighted by Crippen LogP contribution is -2.34. The number of anilines is 1. The van der Waals surface area contributed by atoms with Crippen molar-refractivity contribution in [2.45, 2.75) is 47.6 Å². The Kier molecular flexibility index (Phi) is 5.44. The summed E-state index contributed by atoms with van der Waals surface area (Å²) in [4.78, 5) is 30.3. The molecular formula is C21H25N5O2. The van der Waals surface area contributed by atoms with E-state index in [9.17, 15) is 9.59 Å². The van der Waals surface area contributed by atoms with E-state index in [-0.39, 0.29) is 18.0 Å². The molecule has 146 valence electrons. The SMILES string of the molecule is CCc1c(C)nc(-n2nc(C)cc2C)n(CC(=O)Nc2ccc(C)cc2)c1=O. The number of benzene rings is 1. The number of aryl methyl sites for hydroxylation is 4. The van der Waals surface area contributed by atoms with Gasteiger partial charge >= 0.3 is 0 Å². The van der Waals surface area contributed by atoms with Crippen molar-refractivity contribution >= 4 is 11.6 Å². The van der Waals surface area contributed by atoms with Crippen molar-refractivity contribution < 1.29 is 4.79 Å². The number of rotatable bonds is 5. The molecule has 1 N–H and O–H groups in total. The largest absolute Gasteiger partial charge is 0.325 e. The summed E-state index contributed by atoms with van der Waals surface area (Å²) in [6, 6.07) is 9.43. The van der Waals surface area contributed by atoms with Crippen LogP contribution in [0.15, 0.2) is 35.1 Å². The van der Waals surface area contributed by atoms with Gasteiger partial charge in [0.1, 0.15) is 6.54 Å². The second-order valence-electron chi connectivity index (χ2n) is 6.97. The first-order valence-corrected chi connectivity index (χ1v) is 9.30. The number of aromatic nitrogens is 4. The summed E-state index contributed by atoms with van der Waals surface area (Å²) < 4.78 is 3.01. The Morgan fingerprint density at radius 2 is 1.79 bits per heavy atom. The molecule has 0 atom stereocenters. The zero-order valence-electron chi connectivity index (χ0n) is 16.9. The van der Waals surface area contributed by atoms with Crippen LogP contribution in [0, 0.1) is 27.7 Å². The van der Waals surface area contributed by atoms with Gasteiger partial charge in [0.15, 0.2) is 0 Å². The Morgan fingerprint density at radius 1 is 1.11 bits per heavy atom. The average Bonchev–Trinajstić information content (AvgIpc) is 2.97. The molecule has 1 amide bonds. The van der Waals surface area contributed by atoms with Gasteiger partial charge in [-0.1, -0.05) is 24.6 Å². The van der Waals surface area contributed by atoms with E-state index in [0.717, 1.165) is 17.0 Å². The predicted octanol–water partition coefficient (Wildman–Crippen LogP) is 2.86. The van der Waals surface area contributed by atoms with Crippen LogP contribution < -0.4 is 10.9 Å². The van der Waals surface area contributed by atoms with Crippen molar-refractivity contribution in [1.29, 1.82) is 0 Å². The quantitative estimate of drug-likeness (QED) is 0.739. The molecule has 1 aromatic carbocycles. The zero-order valence-corrected chi connectivity index (χ0v) is 16.9. The Balaban J connectivity index is 2.02. The normalized spacial score (nSPS) is 10.9. The van der Waals surface area contributed by atoms with E-state index in [1.165, 1.54) is 4.57 Å². The topological polar surface area (TPSA) is 81.8 Å². The smallest absolute Gasteiger partial charge is 0.258 e. The molecule has 0 spiro atoms. The van der Waals surface area contributed by atoms with Crippen molar-refractivity contribution in [3.63, 3.8) is 0 Å². The van der Waals surface area contributed by atoms with Crippen LogP contribution >= 0.6 is 0 Å². The second-order valence-corrected chi connectivity index (χ2v) is 6.97. The van der Waals surface area contributed by atoms with Gasteiger partial charge in [-0.25, -0.2) is 9.67 Å². The molecule has 0 fully saturated rings. The lowest BCUT2D eigenvalue weighted by molar-refractivity contribution is -0.116. The number of amides is 1. The molecule has 3 rings (SSSR count). The van der Waals surface area contributed by atoms with Crippen molar-refractivity contribution in [1.82, 2.24) is 19.3 Å². The van der Waals surface area contributed by atoms with E-state index in [1.807, 2.05) is 65.0 Å². The average molecular weight is 379 g/mol. The maximum Gasteiger partial charge on any atom is 0.258 e. The molecule has 28 heavy (non-hydrogen) atoms. The van der Waals surface area contributed by atoms with Gasteiger partial charge in [0.25, 0.3) is 5.56 Å². The highest BCUT2D eigenvalue weighted by Crippen LogP contribution is 2.13. The van der Waals surface area contributed by atoms with Gasteiger partial charge < -0.3 is 5.32 Å². The first-order chi connectivity index (χ1) is 13.3. The van der Waals surface area contributed by atoms with Crippen LogP contribution in [0.2, 0.25) is 0 Å². The van der Waals surface area contributed by atoms with Gasteiger partial charge in [-0.3, -0.25) is 14.2 Å². The number of carbonyl (C=O) groups excluding carboxylic acids is 1. The molecule has 7 nitrogen and oxygen atoms in total. The molecule has 2 aromatic heterocycles. The lowest BCUT2D eigenvalue weighted by atomic mass is 10.2. The van der Waals surface area contributed by atoms with Crippen LogP contribution in [0.1, 0.15) is 35.1 Å². The zero-order chi connectivity index (χ0) is 20.4. The van der Waals surface area contributed by atoms with E-state index >= 15 is 0 Å². The van der Waals surface area contributed by atoms with E-state index in [4.69, 9.17) is 0 Å². The molecular weight excluding hydrogens is 354 g/mol. The Hall–Kier alpha value is -3.22. The van der Waals surface area contributed by atoms with Gasteiger partial charge in [-0.15, -0.1) is 0 Å². The summed E-state index contributed by atoms with van der Waals surface area (Å²) >= 11 is 0. The molecule has 0 bridgehead atoms. The summed E-state index contributed by atoms with van der Waals surface area (Å²) in [6.07, 6.45) is 0.550. The number of hydrogen-bond donors (Lipinski definition) is 1. The highest BCUT2D eigenvalue weighted by Gasteiger charge is 2.19. The van der Waals surface area contributed by atoms with Gasteiger partial charge in [-0.2, -0.15) is 5.10 Å². The monoisotopic (exact) mass is 379 g/mol. The van der Waals surface area contributed by atoms with Crippen LogP contribution in [0.25, 0.3) is 5.95 Å². The highest BCUT2D eigenvalue weighted by molar-refractivity contribution is 5.90. The standard InChI is InChI=1S/C21H25N5O2/c1-6-18-16(5)22-21(26-15(4)11-14(3)24-26)25(20(18)28)12-19(27)23-17-9-7-13(2)8-10-17/h7-11H,6,12H2,1-5H3,(H,23,27). The predicted molar refractivity (Wildman–Crippen MR) is 109 cm³/mol. The third-order valence-corrected chi connectivity index (χ3v) is 4.64. The maximum atomic E-state index is 13.1. The molecule has 0 saturated heterocycles. The first kappa shape index (κ1) is 19.5. The molecule has 0 aliphatic rings. The fraction of sp³-hybridized carbons (Fsp3) is 0.333. The van der Waals surface area contributed by atoms with Gasteiger partial charge in [0.05, 0.1) is 11.4 Å². The fourth-order valence-electron chi connectivity index (χ4n) is 3.21. The number of carbonyl (C=O) groups is 1. The molecule has 0 aliphatic carbocycles. The molecule has 0 unspecified atom stereocenters. The molecule has 0 radical (unpaired) electrons. The van der Waals surface area contributed by atoms with E-state index in [1.54, 1.807) is 4.68 Å². The number of hydrogen-bond acceptors (Lipinski definition) is 4. The third kappa shape index (κ3) is 3.88. The third-order valence-electron chi connectivity index (χ3n) is 4.64. The van der Waals surface area contributed by atoms with Gasteiger partial charge in [0.2, 0.25) is 11.9 Å². The Labute approximate surface area is 164 Å². The summed E-state index contributed by atoms with van der Waals surface area (Å²) in [5.41, 5.74) is 4.51. The molecule has 7 heteroatoms. The van der Waals surface area contributed by atoms with Crippen LogP contribution in [0.3, 0.4) is 0 Å². The van der Waals surface area contributed by atoms with Crippen molar-refractivity contribution in [2.75, 3.05) is 5.32 Å². The lowest BCUT2D eigenvalue weighted by Gasteiger charge is -2.16. The molecule has 2 heterocycles. The minimum Gasteiger partial charge on any atom is -0.325 e. The van der Waals surface area contributed by atoms with E-state index in [2.05, 4.69) is 15.4 Å². The van der Waals surface area contributed by atoms with Crippen LogP contribution in [0.4, 0.5) is 5.69 Å². The second kappa shape index (κ2) is 7.80. The highest BCUT2D eigenvalue weighted by atomic mass is 16.2. The van der Waals surface area contributed by atoms with Gasteiger partial charge in [0, 0.05) is 16.9 Å². The minimum absolute atomic E-state index is 0.138. The van der Waals surface area contributed by atoms with Crippen molar-refractivity contribution in [3.8, 4) is 5.95 Å². The summed E-state index contributed by atoms with van der Waals surface area (Å²) in [7, 11) is 0. The molecule has 0 saturated carbocycles. The molecule has 0 aliphatic heterocycles. The van der Waals surface area contributed by atoms with Crippen LogP contribution in [-0.2, 0) is 17.8 Å². The van der Waals surface area contributed by atoms with E-state index in [0.29, 0.717) is 29.3 Å². The van der Waals surface area contributed by atoms with Crippen molar-refractivity contribution in [3.05, 3.63) is 68.9 Å². The number of nitrogens with zero attached hydrogens (tertiary/aromatic N) is 4. The summed E-state index contributed by atoms with van der Waals surface area (Å²) in [5.74, 6) is 0.0609. The van der Waals surface area contributed by atoms with Crippen LogP contribution in [0.5, 0.6) is 0 Å². The Morgan fingerprint density at radius 3 is 2.36 bits per heavy atom. The molecule has 3 aromatic rings. The van der Waals surface area contributed by atoms with Crippen LogP contribution in [-0.4, -0.2) is 25.2 Å². The minimum atomic E-state index is -0.290. The summed E-state index contributed by atoms with van der Waals surface area (Å²) in [5, 5.41) is 7.28. The maximum absolute atomic E-state index is 13.1. The number of nitrogens with one attached hydrogen (secondary N) is 1. The Bertz CT molecular complexity index is 1080. The van der Waals surface area contributed by atoms with Gasteiger partial charge in [-0.05, 0) is 52.3 Å². The summed E-state index contributed by atoms with van der Waals surface area (Å²) in [6.45, 7) is 9.34. The first-order valence-electron chi connectivity index (χ1n) is 9.30.